The average molecular weight is 272 g/mol. The number of rotatable bonds is 3. The Kier molecular flexibility index (Phi) is 4.51. The Bertz CT molecular complexity index is 386. The number of aryl methyl sites for hydroxylation is 1. The summed E-state index contributed by atoms with van der Waals surface area (Å²) in [7, 11) is 0. The van der Waals surface area contributed by atoms with Gasteiger partial charge < -0.3 is 4.90 Å². The molecule has 2 rings (SSSR count). The zero-order valence-electron chi connectivity index (χ0n) is 10.3. The van der Waals surface area contributed by atoms with Crippen molar-refractivity contribution in [2.24, 2.45) is 0 Å². The first-order valence-electron chi connectivity index (χ1n) is 5.99. The fourth-order valence-electron chi connectivity index (χ4n) is 1.91. The van der Waals surface area contributed by atoms with Gasteiger partial charge in [0.15, 0.2) is 0 Å². The Morgan fingerprint density at radius 3 is 3.06 bits per heavy atom. The zero-order chi connectivity index (χ0) is 12.3. The van der Waals surface area contributed by atoms with Crippen LogP contribution in [0.25, 0.3) is 0 Å². The van der Waals surface area contributed by atoms with E-state index in [0.29, 0.717) is 11.1 Å². The molecule has 1 atom stereocenters. The van der Waals surface area contributed by atoms with Gasteiger partial charge in [0.2, 0.25) is 5.95 Å². The maximum absolute atomic E-state index is 5.82. The van der Waals surface area contributed by atoms with E-state index in [4.69, 9.17) is 11.6 Å². The minimum absolute atomic E-state index is 0.486. The molecular formula is C12H18ClN3S. The van der Waals surface area contributed by atoms with Crippen LogP contribution in [0.4, 0.5) is 5.95 Å². The molecule has 0 N–H and O–H groups in total. The van der Waals surface area contributed by atoms with Crippen molar-refractivity contribution < 1.29 is 0 Å². The highest BCUT2D eigenvalue weighted by molar-refractivity contribution is 8.00. The van der Waals surface area contributed by atoms with Crippen molar-refractivity contribution in [3.05, 3.63) is 17.5 Å². The lowest BCUT2D eigenvalue weighted by Gasteiger charge is -2.32. The topological polar surface area (TPSA) is 29.0 Å². The van der Waals surface area contributed by atoms with Gasteiger partial charge in [0, 0.05) is 41.5 Å². The van der Waals surface area contributed by atoms with Crippen molar-refractivity contribution in [3.63, 3.8) is 0 Å². The second-order valence-electron chi connectivity index (χ2n) is 4.26. The smallest absolute Gasteiger partial charge is 0.225 e. The van der Waals surface area contributed by atoms with Crippen LogP contribution in [-0.2, 0) is 5.88 Å². The summed E-state index contributed by atoms with van der Waals surface area (Å²) in [6, 6.07) is 0. The molecule has 0 aromatic carbocycles. The Hall–Kier alpha value is -0.480. The van der Waals surface area contributed by atoms with Crippen molar-refractivity contribution in [3.8, 4) is 0 Å². The van der Waals surface area contributed by atoms with Gasteiger partial charge in [-0.3, -0.25) is 0 Å². The molecule has 0 aliphatic carbocycles. The number of hydrogen-bond donors (Lipinski definition) is 0. The van der Waals surface area contributed by atoms with Crippen LogP contribution in [0.3, 0.4) is 0 Å². The van der Waals surface area contributed by atoms with Crippen LogP contribution in [0, 0.1) is 6.92 Å². The molecule has 0 spiro atoms. The fourth-order valence-corrected chi connectivity index (χ4v) is 3.35. The minimum atomic E-state index is 0.486. The van der Waals surface area contributed by atoms with Gasteiger partial charge in [-0.2, -0.15) is 11.8 Å². The summed E-state index contributed by atoms with van der Waals surface area (Å²) >= 11 is 7.87. The van der Waals surface area contributed by atoms with Gasteiger partial charge in [-0.05, 0) is 13.3 Å². The van der Waals surface area contributed by atoms with Crippen LogP contribution in [0.15, 0.2) is 6.20 Å². The lowest BCUT2D eigenvalue weighted by Crippen LogP contribution is -2.38. The maximum Gasteiger partial charge on any atom is 0.225 e. The molecule has 1 fully saturated rings. The first kappa shape index (κ1) is 13.0. The molecule has 1 unspecified atom stereocenters. The van der Waals surface area contributed by atoms with Crippen LogP contribution >= 0.6 is 23.4 Å². The highest BCUT2D eigenvalue weighted by atomic mass is 35.5. The molecule has 5 heteroatoms. The van der Waals surface area contributed by atoms with E-state index in [2.05, 4.69) is 33.6 Å². The monoisotopic (exact) mass is 271 g/mol. The summed E-state index contributed by atoms with van der Waals surface area (Å²) in [5.41, 5.74) is 2.02. The van der Waals surface area contributed by atoms with Crippen LogP contribution in [0.5, 0.6) is 0 Å². The maximum atomic E-state index is 5.82. The Morgan fingerprint density at radius 2 is 2.41 bits per heavy atom. The molecule has 1 aromatic rings. The van der Waals surface area contributed by atoms with Crippen LogP contribution in [0.1, 0.15) is 24.6 Å². The van der Waals surface area contributed by atoms with E-state index < -0.39 is 0 Å². The number of nitrogens with zero attached hydrogens (tertiary/aromatic N) is 3. The van der Waals surface area contributed by atoms with E-state index in [1.807, 2.05) is 13.1 Å². The lowest BCUT2D eigenvalue weighted by molar-refractivity contribution is 0.707. The SMILES string of the molecule is CCC1CN(c2ncc(CCl)c(C)n2)CCS1. The van der Waals surface area contributed by atoms with E-state index in [1.165, 1.54) is 6.42 Å². The number of halogens is 1. The van der Waals surface area contributed by atoms with E-state index in [9.17, 15) is 0 Å². The molecule has 94 valence electrons. The van der Waals surface area contributed by atoms with Gasteiger partial charge in [0.25, 0.3) is 0 Å². The molecule has 2 heterocycles. The lowest BCUT2D eigenvalue weighted by atomic mass is 10.3. The van der Waals surface area contributed by atoms with Crippen molar-refractivity contribution in [2.75, 3.05) is 23.7 Å². The number of thioether (sulfide) groups is 1. The largest absolute Gasteiger partial charge is 0.339 e. The Balaban J connectivity index is 2.13. The molecule has 1 aliphatic heterocycles. The fraction of sp³-hybridized carbons (Fsp3) is 0.667. The van der Waals surface area contributed by atoms with Crippen LogP contribution in [0.2, 0.25) is 0 Å². The molecule has 0 bridgehead atoms. The number of alkyl halides is 1. The Morgan fingerprint density at radius 1 is 1.59 bits per heavy atom. The highest BCUT2D eigenvalue weighted by Gasteiger charge is 2.21. The molecule has 1 aromatic heterocycles. The van der Waals surface area contributed by atoms with Gasteiger partial charge in [-0.1, -0.05) is 6.92 Å². The second-order valence-corrected chi connectivity index (χ2v) is 5.94. The van der Waals surface area contributed by atoms with Gasteiger partial charge in [-0.25, -0.2) is 9.97 Å². The quantitative estimate of drug-likeness (QED) is 0.791. The normalized spacial score (nSPS) is 20.6. The standard InChI is InChI=1S/C12H18ClN3S/c1-3-11-8-16(4-5-17-11)12-14-7-10(6-13)9(2)15-12/h7,11H,3-6,8H2,1-2H3. The van der Waals surface area contributed by atoms with Crippen molar-refractivity contribution >= 4 is 29.3 Å². The molecule has 1 saturated heterocycles. The van der Waals surface area contributed by atoms with Crippen molar-refractivity contribution in [1.82, 2.24) is 9.97 Å². The third-order valence-corrected chi connectivity index (χ3v) is 4.75. The summed E-state index contributed by atoms with van der Waals surface area (Å²) < 4.78 is 0. The van der Waals surface area contributed by atoms with E-state index in [1.54, 1.807) is 0 Å². The van der Waals surface area contributed by atoms with Gasteiger partial charge in [0.05, 0.1) is 5.88 Å². The first-order chi connectivity index (χ1) is 8.24. The molecule has 1 aliphatic rings. The van der Waals surface area contributed by atoms with Crippen LogP contribution in [-0.4, -0.2) is 34.1 Å². The molecule has 3 nitrogen and oxygen atoms in total. The third-order valence-electron chi connectivity index (χ3n) is 3.09. The molecule has 0 amide bonds. The number of aromatic nitrogens is 2. The summed E-state index contributed by atoms with van der Waals surface area (Å²) in [4.78, 5) is 11.3. The summed E-state index contributed by atoms with van der Waals surface area (Å²) in [6.45, 7) is 6.34. The summed E-state index contributed by atoms with van der Waals surface area (Å²) in [5, 5.41) is 0.709. The number of anilines is 1. The zero-order valence-corrected chi connectivity index (χ0v) is 11.9. The van der Waals surface area contributed by atoms with Gasteiger partial charge in [0.1, 0.15) is 0 Å². The average Bonchev–Trinajstić information content (AvgIpc) is 2.38. The van der Waals surface area contributed by atoms with Crippen molar-refractivity contribution in [2.45, 2.75) is 31.4 Å². The summed E-state index contributed by atoms with van der Waals surface area (Å²) in [6.07, 6.45) is 3.06. The van der Waals surface area contributed by atoms with Gasteiger partial charge in [-0.15, -0.1) is 11.6 Å². The summed E-state index contributed by atoms with van der Waals surface area (Å²) in [5.74, 6) is 2.51. The predicted molar refractivity (Wildman–Crippen MR) is 75.1 cm³/mol. The van der Waals surface area contributed by atoms with E-state index in [-0.39, 0.29) is 0 Å². The minimum Gasteiger partial charge on any atom is -0.339 e. The molecule has 0 saturated carbocycles. The van der Waals surface area contributed by atoms with Crippen LogP contribution < -0.4 is 4.90 Å². The third kappa shape index (κ3) is 3.05. The predicted octanol–water partition coefficient (Wildman–Crippen LogP) is 2.86. The van der Waals surface area contributed by atoms with Crippen molar-refractivity contribution in [1.29, 1.82) is 0 Å². The number of hydrogen-bond acceptors (Lipinski definition) is 4. The first-order valence-corrected chi connectivity index (χ1v) is 7.58. The van der Waals surface area contributed by atoms with E-state index >= 15 is 0 Å². The second kappa shape index (κ2) is 5.91. The highest BCUT2D eigenvalue weighted by Crippen LogP contribution is 2.24. The molecule has 17 heavy (non-hydrogen) atoms. The van der Waals surface area contributed by atoms with E-state index in [0.717, 1.165) is 36.0 Å². The molecular weight excluding hydrogens is 254 g/mol. The van der Waals surface area contributed by atoms with Gasteiger partial charge >= 0.3 is 0 Å². The molecule has 0 radical (unpaired) electrons. The Labute approximate surface area is 112 Å².